The zero-order valence-electron chi connectivity index (χ0n) is 6.60. The van der Waals surface area contributed by atoms with Crippen LogP contribution in [-0.4, -0.2) is 28.6 Å². The zero-order valence-corrected chi connectivity index (χ0v) is 6.60. The van der Waals surface area contributed by atoms with Gasteiger partial charge >= 0.3 is 0 Å². The summed E-state index contributed by atoms with van der Waals surface area (Å²) in [5, 5.41) is 9.19. The van der Waals surface area contributed by atoms with Crippen LogP contribution in [0.5, 0.6) is 0 Å². The Morgan fingerprint density at radius 1 is 1.82 bits per heavy atom. The summed E-state index contributed by atoms with van der Waals surface area (Å²) >= 11 is 0. The maximum absolute atomic E-state index is 10.4. The van der Waals surface area contributed by atoms with Crippen LogP contribution in [0.1, 0.15) is 19.8 Å². The van der Waals surface area contributed by atoms with Crippen LogP contribution in [0.2, 0.25) is 0 Å². The van der Waals surface area contributed by atoms with Crippen LogP contribution >= 0.6 is 0 Å². The highest BCUT2D eigenvalue weighted by Gasteiger charge is 2.19. The normalized spacial score (nSPS) is 30.5. The van der Waals surface area contributed by atoms with Gasteiger partial charge in [0.25, 0.3) is 0 Å². The van der Waals surface area contributed by atoms with Gasteiger partial charge in [-0.1, -0.05) is 6.92 Å². The average Bonchev–Trinajstić information content (AvgIpc) is 2.04. The topological polar surface area (TPSA) is 40.5 Å². The van der Waals surface area contributed by atoms with Crippen LogP contribution in [0.4, 0.5) is 0 Å². The fourth-order valence-corrected chi connectivity index (χ4v) is 1.30. The molecule has 1 rings (SSSR count). The first-order valence-corrected chi connectivity index (χ1v) is 3.87. The third-order valence-corrected chi connectivity index (χ3v) is 2.01. The zero-order chi connectivity index (χ0) is 8.27. The van der Waals surface area contributed by atoms with E-state index in [9.17, 15) is 9.90 Å². The van der Waals surface area contributed by atoms with E-state index in [-0.39, 0.29) is 12.1 Å². The van der Waals surface area contributed by atoms with E-state index in [1.165, 1.54) is 0 Å². The molecule has 0 fully saturated rings. The minimum absolute atomic E-state index is 0.174. The number of nitrogens with zero attached hydrogens (tertiary/aromatic N) is 1. The molecule has 2 atom stereocenters. The van der Waals surface area contributed by atoms with Crippen molar-refractivity contribution in [3.63, 3.8) is 0 Å². The lowest BCUT2D eigenvalue weighted by Crippen LogP contribution is -2.35. The molecule has 3 nitrogen and oxygen atoms in total. The summed E-state index contributed by atoms with van der Waals surface area (Å²) in [6, 6.07) is 0.174. The molecular weight excluding hydrogens is 142 g/mol. The minimum atomic E-state index is -0.379. The second-order valence-electron chi connectivity index (χ2n) is 2.76. The molecule has 1 amide bonds. The largest absolute Gasteiger partial charge is 0.389 e. The van der Waals surface area contributed by atoms with Gasteiger partial charge in [-0.25, -0.2) is 0 Å². The smallest absolute Gasteiger partial charge is 0.213 e. The number of amides is 1. The van der Waals surface area contributed by atoms with Gasteiger partial charge in [0.15, 0.2) is 0 Å². The summed E-state index contributed by atoms with van der Waals surface area (Å²) in [6.07, 6.45) is 5.26. The maximum atomic E-state index is 10.4. The second kappa shape index (κ2) is 3.53. The molecule has 0 radical (unpaired) electrons. The maximum Gasteiger partial charge on any atom is 0.213 e. The van der Waals surface area contributed by atoms with E-state index in [4.69, 9.17) is 0 Å². The van der Waals surface area contributed by atoms with Crippen molar-refractivity contribution >= 4 is 6.41 Å². The summed E-state index contributed by atoms with van der Waals surface area (Å²) in [5.74, 6) is 0. The van der Waals surface area contributed by atoms with Crippen LogP contribution in [0.25, 0.3) is 0 Å². The molecule has 0 aromatic heterocycles. The Hall–Kier alpha value is -0.830. The molecule has 11 heavy (non-hydrogen) atoms. The lowest BCUT2D eigenvalue weighted by molar-refractivity contribution is -0.118. The Morgan fingerprint density at radius 2 is 2.55 bits per heavy atom. The molecule has 1 aliphatic heterocycles. The first-order chi connectivity index (χ1) is 5.27. The third kappa shape index (κ3) is 1.80. The van der Waals surface area contributed by atoms with Crippen molar-refractivity contribution in [1.82, 2.24) is 4.90 Å². The van der Waals surface area contributed by atoms with Gasteiger partial charge in [0.1, 0.15) is 0 Å². The fraction of sp³-hybridized carbons (Fsp3) is 0.625. The van der Waals surface area contributed by atoms with Gasteiger partial charge in [-0.3, -0.25) is 4.79 Å². The van der Waals surface area contributed by atoms with Crippen molar-refractivity contribution in [2.24, 2.45) is 0 Å². The van der Waals surface area contributed by atoms with E-state index >= 15 is 0 Å². The molecular formula is C8H13NO2. The third-order valence-electron chi connectivity index (χ3n) is 2.01. The van der Waals surface area contributed by atoms with Crippen molar-refractivity contribution in [1.29, 1.82) is 0 Å². The lowest BCUT2D eigenvalue weighted by Gasteiger charge is -2.29. The van der Waals surface area contributed by atoms with Gasteiger partial charge in [0.05, 0.1) is 6.10 Å². The van der Waals surface area contributed by atoms with E-state index in [2.05, 4.69) is 0 Å². The van der Waals surface area contributed by atoms with Gasteiger partial charge < -0.3 is 10.0 Å². The Kier molecular flexibility index (Phi) is 2.65. The monoisotopic (exact) mass is 155 g/mol. The molecule has 0 aromatic rings. The number of carbonyl (C=O) groups is 1. The summed E-state index contributed by atoms with van der Waals surface area (Å²) in [4.78, 5) is 12.0. The predicted molar refractivity (Wildman–Crippen MR) is 41.7 cm³/mol. The molecule has 0 bridgehead atoms. The summed E-state index contributed by atoms with van der Waals surface area (Å²) in [5.41, 5.74) is 0. The molecule has 0 aromatic carbocycles. The van der Waals surface area contributed by atoms with Gasteiger partial charge in [0.2, 0.25) is 6.41 Å². The van der Waals surface area contributed by atoms with E-state index in [0.29, 0.717) is 6.42 Å². The molecule has 2 unspecified atom stereocenters. The highest BCUT2D eigenvalue weighted by molar-refractivity contribution is 5.50. The number of aliphatic hydroxyl groups excluding tert-OH is 1. The van der Waals surface area contributed by atoms with Gasteiger partial charge in [-0.15, -0.1) is 0 Å². The van der Waals surface area contributed by atoms with Gasteiger partial charge in [-0.05, 0) is 18.9 Å². The number of hydrogen-bond donors (Lipinski definition) is 1. The van der Waals surface area contributed by atoms with E-state index in [1.807, 2.05) is 6.92 Å². The first-order valence-electron chi connectivity index (χ1n) is 3.87. The molecule has 1 aliphatic rings. The molecule has 0 saturated heterocycles. The molecule has 3 heteroatoms. The summed E-state index contributed by atoms with van der Waals surface area (Å²) < 4.78 is 0. The standard InChI is InChI=1S/C8H13NO2/c1-2-7-5-8(11)3-4-9(7)6-10/h3-4,6-8,11H,2,5H2,1H3. The lowest BCUT2D eigenvalue weighted by atomic mass is 10.0. The van der Waals surface area contributed by atoms with E-state index in [0.717, 1.165) is 12.8 Å². The summed E-state index contributed by atoms with van der Waals surface area (Å²) in [6.45, 7) is 2.01. The Labute approximate surface area is 66.3 Å². The first kappa shape index (κ1) is 8.27. The molecule has 0 saturated carbocycles. The van der Waals surface area contributed by atoms with Crippen LogP contribution in [0.3, 0.4) is 0 Å². The molecule has 1 N–H and O–H groups in total. The van der Waals surface area contributed by atoms with Crippen molar-refractivity contribution in [3.05, 3.63) is 12.3 Å². The van der Waals surface area contributed by atoms with Gasteiger partial charge in [-0.2, -0.15) is 0 Å². The Bertz CT molecular complexity index is 167. The molecule has 0 aliphatic carbocycles. The number of hydrogen-bond acceptors (Lipinski definition) is 2. The molecule has 62 valence electrons. The quantitative estimate of drug-likeness (QED) is 0.590. The minimum Gasteiger partial charge on any atom is -0.389 e. The van der Waals surface area contributed by atoms with Crippen LogP contribution in [-0.2, 0) is 4.79 Å². The van der Waals surface area contributed by atoms with Gasteiger partial charge in [0, 0.05) is 12.2 Å². The van der Waals surface area contributed by atoms with Crippen molar-refractivity contribution in [2.75, 3.05) is 0 Å². The fourth-order valence-electron chi connectivity index (χ4n) is 1.30. The molecule has 1 heterocycles. The van der Waals surface area contributed by atoms with Crippen LogP contribution in [0, 0.1) is 0 Å². The van der Waals surface area contributed by atoms with Crippen LogP contribution in [0.15, 0.2) is 12.3 Å². The van der Waals surface area contributed by atoms with Crippen molar-refractivity contribution in [3.8, 4) is 0 Å². The number of carbonyl (C=O) groups excluding carboxylic acids is 1. The van der Waals surface area contributed by atoms with E-state index < -0.39 is 0 Å². The SMILES string of the molecule is CCC1CC(O)C=CN1C=O. The highest BCUT2D eigenvalue weighted by Crippen LogP contribution is 2.15. The van der Waals surface area contributed by atoms with Crippen LogP contribution < -0.4 is 0 Å². The Morgan fingerprint density at radius 3 is 3.09 bits per heavy atom. The second-order valence-corrected chi connectivity index (χ2v) is 2.76. The van der Waals surface area contributed by atoms with E-state index in [1.54, 1.807) is 17.2 Å². The Balaban J connectivity index is 2.63. The average molecular weight is 155 g/mol. The predicted octanol–water partition coefficient (Wildman–Crippen LogP) is 0.502. The highest BCUT2D eigenvalue weighted by atomic mass is 16.3. The number of rotatable bonds is 2. The number of aliphatic hydroxyl groups is 1. The van der Waals surface area contributed by atoms with Crippen molar-refractivity contribution < 1.29 is 9.90 Å². The molecule has 0 spiro atoms. The summed E-state index contributed by atoms with van der Waals surface area (Å²) in [7, 11) is 0. The van der Waals surface area contributed by atoms with Crippen molar-refractivity contribution in [2.45, 2.75) is 31.9 Å².